The second kappa shape index (κ2) is 8.09. The fourth-order valence-electron chi connectivity index (χ4n) is 2.14. The first-order chi connectivity index (χ1) is 8.24. The summed E-state index contributed by atoms with van der Waals surface area (Å²) in [7, 11) is 0. The molecule has 98 valence electrons. The summed E-state index contributed by atoms with van der Waals surface area (Å²) in [5, 5.41) is 0. The van der Waals surface area contributed by atoms with Crippen molar-refractivity contribution in [3.05, 3.63) is 0 Å². The highest BCUT2D eigenvalue weighted by Gasteiger charge is 2.16. The van der Waals surface area contributed by atoms with E-state index in [1.807, 2.05) is 0 Å². The summed E-state index contributed by atoms with van der Waals surface area (Å²) < 4.78 is 4.40. The maximum Gasteiger partial charge on any atom is 0.302 e. The van der Waals surface area contributed by atoms with Crippen LogP contribution in [0.4, 0.5) is 0 Å². The van der Waals surface area contributed by atoms with Crippen LogP contribution in [0.3, 0.4) is 0 Å². The van der Waals surface area contributed by atoms with Crippen LogP contribution in [0.1, 0.15) is 46.0 Å². The molecule has 0 radical (unpaired) electrons. The van der Waals surface area contributed by atoms with Gasteiger partial charge in [0.15, 0.2) is 0 Å². The van der Waals surface area contributed by atoms with Crippen LogP contribution in [0, 0.1) is 0 Å². The van der Waals surface area contributed by atoms with Gasteiger partial charge in [-0.05, 0) is 26.2 Å². The first kappa shape index (κ1) is 14.0. The van der Waals surface area contributed by atoms with Crippen molar-refractivity contribution < 1.29 is 9.53 Å². The van der Waals surface area contributed by atoms with Crippen molar-refractivity contribution in [2.45, 2.75) is 46.0 Å². The van der Waals surface area contributed by atoms with E-state index in [-0.39, 0.29) is 5.97 Å². The van der Waals surface area contributed by atoms with Crippen LogP contribution in [0.5, 0.6) is 0 Å². The molecule has 0 spiro atoms. The highest BCUT2D eigenvalue weighted by atomic mass is 16.5. The number of hydrogen-bond donors (Lipinski definition) is 0. The Labute approximate surface area is 104 Å². The van der Waals surface area contributed by atoms with Crippen LogP contribution in [-0.4, -0.2) is 42.9 Å². The lowest BCUT2D eigenvalue weighted by Gasteiger charge is -2.27. The van der Waals surface area contributed by atoms with E-state index in [1.165, 1.54) is 58.0 Å². The van der Waals surface area contributed by atoms with Gasteiger partial charge in [0, 0.05) is 33.0 Å². The van der Waals surface area contributed by atoms with Gasteiger partial charge in [0.25, 0.3) is 0 Å². The molecule has 0 aromatic heterocycles. The summed E-state index contributed by atoms with van der Waals surface area (Å²) in [5.74, 6) is 1.19. The zero-order valence-electron chi connectivity index (χ0n) is 11.1. The molecular formula is C13H24N2O2. The largest absolute Gasteiger partial charge is 0.466 e. The number of aliphatic imine (C=N–C) groups is 1. The molecule has 0 unspecified atom stereocenters. The van der Waals surface area contributed by atoms with Gasteiger partial charge in [-0.1, -0.05) is 6.42 Å². The third-order valence-corrected chi connectivity index (χ3v) is 2.92. The summed E-state index contributed by atoms with van der Waals surface area (Å²) in [6.45, 7) is 7.25. The third-order valence-electron chi connectivity index (χ3n) is 2.92. The van der Waals surface area contributed by atoms with E-state index in [2.05, 4.69) is 14.6 Å². The molecule has 0 aromatic rings. The van der Waals surface area contributed by atoms with E-state index in [9.17, 15) is 4.79 Å². The molecule has 2 aliphatic heterocycles. The Morgan fingerprint density at radius 3 is 2.71 bits per heavy atom. The van der Waals surface area contributed by atoms with E-state index in [0.717, 1.165) is 6.54 Å². The normalized spacial score (nSPS) is 19.2. The Hall–Kier alpha value is -1.06. The number of amidine groups is 1. The second-order valence-electron chi connectivity index (χ2n) is 4.37. The number of rotatable bonds is 1. The van der Waals surface area contributed by atoms with Crippen LogP contribution in [0.15, 0.2) is 4.99 Å². The molecule has 4 heteroatoms. The average molecular weight is 240 g/mol. The smallest absolute Gasteiger partial charge is 0.302 e. The molecule has 0 amide bonds. The van der Waals surface area contributed by atoms with Gasteiger partial charge in [-0.3, -0.25) is 9.79 Å². The maximum absolute atomic E-state index is 9.82. The van der Waals surface area contributed by atoms with E-state index < -0.39 is 0 Å². The van der Waals surface area contributed by atoms with Crippen LogP contribution in [-0.2, 0) is 9.53 Å². The molecular weight excluding hydrogens is 216 g/mol. The minimum absolute atomic E-state index is 0.211. The van der Waals surface area contributed by atoms with Crippen LogP contribution >= 0.6 is 0 Å². The summed E-state index contributed by atoms with van der Waals surface area (Å²) in [6, 6.07) is 0. The Morgan fingerprint density at radius 2 is 2.06 bits per heavy atom. The minimum Gasteiger partial charge on any atom is -0.466 e. The lowest BCUT2D eigenvalue weighted by Crippen LogP contribution is -2.34. The topological polar surface area (TPSA) is 41.9 Å². The quantitative estimate of drug-likeness (QED) is 0.660. The number of ether oxygens (including phenoxy) is 1. The van der Waals surface area contributed by atoms with Gasteiger partial charge in [0.2, 0.25) is 0 Å². The van der Waals surface area contributed by atoms with Crippen molar-refractivity contribution in [3.63, 3.8) is 0 Å². The van der Waals surface area contributed by atoms with Gasteiger partial charge in [-0.25, -0.2) is 0 Å². The minimum atomic E-state index is -0.211. The highest BCUT2D eigenvalue weighted by molar-refractivity contribution is 5.83. The number of carbonyl (C=O) groups excluding carboxylic acids is 1. The Morgan fingerprint density at radius 1 is 1.29 bits per heavy atom. The number of hydrogen-bond acceptors (Lipinski definition) is 4. The van der Waals surface area contributed by atoms with Gasteiger partial charge < -0.3 is 9.64 Å². The molecule has 4 nitrogen and oxygen atoms in total. The molecule has 1 fully saturated rings. The van der Waals surface area contributed by atoms with Gasteiger partial charge in [-0.2, -0.15) is 0 Å². The van der Waals surface area contributed by atoms with Crippen molar-refractivity contribution in [1.82, 2.24) is 4.90 Å². The molecule has 0 aliphatic carbocycles. The standard InChI is InChI=1S/C9H16N2.C4H8O2/c1-2-5-9-10-6-4-8-11(9)7-3-1;1-3-6-4(2)5/h1-8H2;3H2,1-2H3. The molecule has 0 N–H and O–H groups in total. The van der Waals surface area contributed by atoms with Crippen LogP contribution in [0.25, 0.3) is 0 Å². The Bertz CT molecular complexity index is 264. The van der Waals surface area contributed by atoms with Crippen molar-refractivity contribution in [2.75, 3.05) is 26.2 Å². The monoisotopic (exact) mass is 240 g/mol. The highest BCUT2D eigenvalue weighted by Crippen LogP contribution is 2.15. The zero-order chi connectivity index (χ0) is 12.5. The van der Waals surface area contributed by atoms with Crippen LogP contribution < -0.4 is 0 Å². The van der Waals surface area contributed by atoms with Gasteiger partial charge in [-0.15, -0.1) is 0 Å². The summed E-state index contributed by atoms with van der Waals surface area (Å²) in [6.07, 6.45) is 6.63. The first-order valence-electron chi connectivity index (χ1n) is 6.65. The van der Waals surface area contributed by atoms with E-state index in [4.69, 9.17) is 0 Å². The SMILES string of the molecule is C1CCC2=NCCCN2CC1.CCOC(C)=O. The lowest BCUT2D eigenvalue weighted by atomic mass is 10.2. The van der Waals surface area contributed by atoms with Gasteiger partial charge in [0.1, 0.15) is 0 Å². The number of fused-ring (bicyclic) bond motifs is 1. The average Bonchev–Trinajstić information content (AvgIpc) is 2.54. The van der Waals surface area contributed by atoms with E-state index in [0.29, 0.717) is 6.61 Å². The summed E-state index contributed by atoms with van der Waals surface area (Å²) in [5.41, 5.74) is 0. The molecule has 17 heavy (non-hydrogen) atoms. The van der Waals surface area contributed by atoms with Crippen molar-refractivity contribution in [3.8, 4) is 0 Å². The van der Waals surface area contributed by atoms with Crippen molar-refractivity contribution in [2.24, 2.45) is 4.99 Å². The van der Waals surface area contributed by atoms with Crippen molar-refractivity contribution in [1.29, 1.82) is 0 Å². The molecule has 0 atom stereocenters. The Balaban J connectivity index is 0.000000209. The lowest BCUT2D eigenvalue weighted by molar-refractivity contribution is -0.140. The van der Waals surface area contributed by atoms with Crippen LogP contribution in [0.2, 0.25) is 0 Å². The number of carbonyl (C=O) groups is 1. The Kier molecular flexibility index (Phi) is 6.67. The molecule has 0 bridgehead atoms. The first-order valence-corrected chi connectivity index (χ1v) is 6.65. The van der Waals surface area contributed by atoms with E-state index >= 15 is 0 Å². The van der Waals surface area contributed by atoms with Crippen molar-refractivity contribution >= 4 is 11.8 Å². The third kappa shape index (κ3) is 5.71. The fraction of sp³-hybridized carbons (Fsp3) is 0.846. The van der Waals surface area contributed by atoms with Gasteiger partial charge in [0.05, 0.1) is 12.4 Å². The maximum atomic E-state index is 9.82. The zero-order valence-corrected chi connectivity index (χ0v) is 11.1. The summed E-state index contributed by atoms with van der Waals surface area (Å²) >= 11 is 0. The molecule has 2 aliphatic rings. The second-order valence-corrected chi connectivity index (χ2v) is 4.37. The van der Waals surface area contributed by atoms with Gasteiger partial charge >= 0.3 is 5.97 Å². The predicted octanol–water partition coefficient (Wildman–Crippen LogP) is 2.23. The molecule has 0 saturated carbocycles. The molecule has 0 aromatic carbocycles. The fourth-order valence-corrected chi connectivity index (χ4v) is 2.14. The number of esters is 1. The molecule has 2 rings (SSSR count). The summed E-state index contributed by atoms with van der Waals surface area (Å²) in [4.78, 5) is 16.9. The molecule has 2 heterocycles. The number of nitrogens with zero attached hydrogens (tertiary/aromatic N) is 2. The predicted molar refractivity (Wildman–Crippen MR) is 69.3 cm³/mol. The van der Waals surface area contributed by atoms with E-state index in [1.54, 1.807) is 6.92 Å². The molecule has 1 saturated heterocycles.